The summed E-state index contributed by atoms with van der Waals surface area (Å²) in [5, 5.41) is 6.48. The molecule has 0 radical (unpaired) electrons. The molecule has 1 fully saturated rings. The van der Waals surface area contributed by atoms with E-state index in [4.69, 9.17) is 21.3 Å². The van der Waals surface area contributed by atoms with Crippen molar-refractivity contribution in [1.29, 1.82) is 0 Å². The first kappa shape index (κ1) is 24.5. The van der Waals surface area contributed by atoms with Crippen LogP contribution >= 0.6 is 11.6 Å². The first-order chi connectivity index (χ1) is 16.9. The number of anilines is 1. The summed E-state index contributed by atoms with van der Waals surface area (Å²) in [6.45, 7) is 3.48. The number of likely N-dealkylation sites (tertiary alicyclic amines) is 1. The summed E-state index contributed by atoms with van der Waals surface area (Å²) < 4.78 is 5.26. The molecule has 0 aliphatic carbocycles. The number of methoxy groups -OCH3 is 1. The Hall–Kier alpha value is -3.58. The minimum Gasteiger partial charge on any atom is -0.497 e. The van der Waals surface area contributed by atoms with Crippen molar-refractivity contribution in [3.05, 3.63) is 88.2 Å². The molecule has 2 N–H and O–H groups in total. The van der Waals surface area contributed by atoms with Crippen LogP contribution in [0.5, 0.6) is 5.75 Å². The highest BCUT2D eigenvalue weighted by Crippen LogP contribution is 2.30. The first-order valence-electron chi connectivity index (χ1n) is 11.6. The summed E-state index contributed by atoms with van der Waals surface area (Å²) >= 11 is 6.01. The van der Waals surface area contributed by atoms with Crippen molar-refractivity contribution in [2.75, 3.05) is 25.5 Å². The maximum absolute atomic E-state index is 13.1. The normalized spacial score (nSPS) is 13.9. The standard InChI is InChI=1S/C27H29ClN4O3/c1-18-9-10-24(26(33)29-17-19-5-3-8-23(15-19)35-2)25(30-18)20-11-13-32(14-12-20)27(34)31-22-7-4-6-21(28)16-22/h3-10,15-16,20H,11-14,17H2,1-2H3,(H,29,33)(H,31,34). The van der Waals surface area contributed by atoms with E-state index in [-0.39, 0.29) is 17.9 Å². The van der Waals surface area contributed by atoms with Gasteiger partial charge in [0.25, 0.3) is 5.91 Å². The fraction of sp³-hybridized carbons (Fsp3) is 0.296. The lowest BCUT2D eigenvalue weighted by Crippen LogP contribution is -2.41. The van der Waals surface area contributed by atoms with E-state index in [1.807, 2.05) is 49.4 Å². The van der Waals surface area contributed by atoms with Crippen molar-refractivity contribution in [3.63, 3.8) is 0 Å². The van der Waals surface area contributed by atoms with Crippen LogP contribution in [0.25, 0.3) is 0 Å². The highest BCUT2D eigenvalue weighted by molar-refractivity contribution is 6.30. The van der Waals surface area contributed by atoms with Crippen LogP contribution in [0.1, 0.15) is 46.1 Å². The molecule has 3 aromatic rings. The van der Waals surface area contributed by atoms with Gasteiger partial charge in [0.05, 0.1) is 18.4 Å². The van der Waals surface area contributed by atoms with Gasteiger partial charge in [-0.3, -0.25) is 9.78 Å². The Bertz CT molecular complexity index is 1210. The molecule has 35 heavy (non-hydrogen) atoms. The summed E-state index contributed by atoms with van der Waals surface area (Å²) in [4.78, 5) is 32.3. The number of rotatable bonds is 6. The zero-order chi connectivity index (χ0) is 24.8. The predicted molar refractivity (Wildman–Crippen MR) is 137 cm³/mol. The molecule has 0 bridgehead atoms. The average molecular weight is 493 g/mol. The average Bonchev–Trinajstić information content (AvgIpc) is 2.87. The monoisotopic (exact) mass is 492 g/mol. The number of aryl methyl sites for hydroxylation is 1. The van der Waals surface area contributed by atoms with E-state index in [0.29, 0.717) is 35.9 Å². The van der Waals surface area contributed by atoms with Crippen LogP contribution in [0.2, 0.25) is 5.02 Å². The van der Waals surface area contributed by atoms with Crippen molar-refractivity contribution < 1.29 is 14.3 Å². The molecule has 2 heterocycles. The van der Waals surface area contributed by atoms with E-state index < -0.39 is 0 Å². The Morgan fingerprint density at radius 1 is 1.09 bits per heavy atom. The molecular formula is C27H29ClN4O3. The number of pyridine rings is 1. The third kappa shape index (κ3) is 6.31. The summed E-state index contributed by atoms with van der Waals surface area (Å²) in [7, 11) is 1.62. The number of hydrogen-bond acceptors (Lipinski definition) is 4. The Kier molecular flexibility index (Phi) is 7.87. The van der Waals surface area contributed by atoms with Gasteiger partial charge in [0.2, 0.25) is 0 Å². The third-order valence-corrected chi connectivity index (χ3v) is 6.38. The zero-order valence-electron chi connectivity index (χ0n) is 19.9. The van der Waals surface area contributed by atoms with Gasteiger partial charge in [-0.25, -0.2) is 4.79 Å². The lowest BCUT2D eigenvalue weighted by atomic mass is 9.90. The van der Waals surface area contributed by atoms with E-state index in [9.17, 15) is 9.59 Å². The maximum atomic E-state index is 13.1. The van der Waals surface area contributed by atoms with Gasteiger partial charge in [-0.2, -0.15) is 0 Å². The van der Waals surface area contributed by atoms with Gasteiger partial charge in [0, 0.05) is 42.0 Å². The fourth-order valence-corrected chi connectivity index (χ4v) is 4.46. The molecule has 1 aliphatic rings. The summed E-state index contributed by atoms with van der Waals surface area (Å²) in [5.74, 6) is 0.694. The Balaban J connectivity index is 1.39. The highest BCUT2D eigenvalue weighted by atomic mass is 35.5. The van der Waals surface area contributed by atoms with E-state index in [2.05, 4.69) is 10.6 Å². The number of nitrogens with one attached hydrogen (secondary N) is 2. The lowest BCUT2D eigenvalue weighted by molar-refractivity contribution is 0.0948. The second kappa shape index (κ2) is 11.2. The lowest BCUT2D eigenvalue weighted by Gasteiger charge is -2.32. The third-order valence-electron chi connectivity index (χ3n) is 6.14. The molecular weight excluding hydrogens is 464 g/mol. The smallest absolute Gasteiger partial charge is 0.321 e. The first-order valence-corrected chi connectivity index (χ1v) is 12.0. The number of benzene rings is 2. The number of aromatic nitrogens is 1. The topological polar surface area (TPSA) is 83.6 Å². The molecule has 8 heteroatoms. The molecule has 0 spiro atoms. The molecule has 1 aliphatic heterocycles. The molecule has 4 rings (SSSR count). The van der Waals surface area contributed by atoms with Crippen LogP contribution in [0.4, 0.5) is 10.5 Å². The molecule has 7 nitrogen and oxygen atoms in total. The fourth-order valence-electron chi connectivity index (χ4n) is 4.26. The number of piperidine rings is 1. The van der Waals surface area contributed by atoms with Crippen LogP contribution in [-0.4, -0.2) is 42.0 Å². The number of amides is 3. The number of ether oxygens (including phenoxy) is 1. The van der Waals surface area contributed by atoms with E-state index in [1.165, 1.54) is 0 Å². The molecule has 2 aromatic carbocycles. The number of halogens is 1. The van der Waals surface area contributed by atoms with E-state index >= 15 is 0 Å². The number of hydrogen-bond donors (Lipinski definition) is 2. The van der Waals surface area contributed by atoms with Crippen LogP contribution in [0, 0.1) is 6.92 Å². The Labute approximate surface area is 210 Å². The molecule has 0 atom stereocenters. The SMILES string of the molecule is COc1cccc(CNC(=O)c2ccc(C)nc2C2CCN(C(=O)Nc3cccc(Cl)c3)CC2)c1. The molecule has 0 saturated carbocycles. The van der Waals surface area contributed by atoms with Crippen molar-refractivity contribution in [2.24, 2.45) is 0 Å². The highest BCUT2D eigenvalue weighted by Gasteiger charge is 2.28. The predicted octanol–water partition coefficient (Wildman–Crippen LogP) is 5.39. The number of nitrogens with zero attached hydrogens (tertiary/aromatic N) is 2. The number of urea groups is 1. The van der Waals surface area contributed by atoms with Crippen molar-refractivity contribution in [2.45, 2.75) is 32.2 Å². The Morgan fingerprint density at radius 2 is 1.86 bits per heavy atom. The number of carbonyl (C=O) groups is 2. The van der Waals surface area contributed by atoms with Crippen molar-refractivity contribution in [3.8, 4) is 5.75 Å². The minimum absolute atomic E-state index is 0.0997. The van der Waals surface area contributed by atoms with Crippen LogP contribution < -0.4 is 15.4 Å². The van der Waals surface area contributed by atoms with Gasteiger partial charge in [0.15, 0.2) is 0 Å². The molecule has 1 aromatic heterocycles. The summed E-state index contributed by atoms with van der Waals surface area (Å²) in [6, 6.07) is 18.3. The van der Waals surface area contributed by atoms with E-state index in [0.717, 1.165) is 35.5 Å². The van der Waals surface area contributed by atoms with Crippen molar-refractivity contribution in [1.82, 2.24) is 15.2 Å². The quantitative estimate of drug-likeness (QED) is 0.483. The summed E-state index contributed by atoms with van der Waals surface area (Å²) in [5.41, 5.74) is 3.87. The number of carbonyl (C=O) groups excluding carboxylic acids is 2. The van der Waals surface area contributed by atoms with Crippen LogP contribution in [0.15, 0.2) is 60.7 Å². The molecule has 0 unspecified atom stereocenters. The second-order valence-corrected chi connectivity index (χ2v) is 9.06. The van der Waals surface area contributed by atoms with Crippen LogP contribution in [0.3, 0.4) is 0 Å². The molecule has 1 saturated heterocycles. The zero-order valence-corrected chi connectivity index (χ0v) is 20.6. The van der Waals surface area contributed by atoms with Crippen molar-refractivity contribution >= 4 is 29.2 Å². The molecule has 3 amide bonds. The molecule has 182 valence electrons. The minimum atomic E-state index is -0.156. The largest absolute Gasteiger partial charge is 0.497 e. The maximum Gasteiger partial charge on any atom is 0.321 e. The van der Waals surface area contributed by atoms with Gasteiger partial charge < -0.3 is 20.3 Å². The van der Waals surface area contributed by atoms with Gasteiger partial charge in [0.1, 0.15) is 5.75 Å². The van der Waals surface area contributed by atoms with Gasteiger partial charge in [-0.15, -0.1) is 0 Å². The van der Waals surface area contributed by atoms with Gasteiger partial charge in [-0.1, -0.05) is 29.8 Å². The Morgan fingerprint density at radius 3 is 2.60 bits per heavy atom. The second-order valence-electron chi connectivity index (χ2n) is 8.62. The van der Waals surface area contributed by atoms with Gasteiger partial charge in [-0.05, 0) is 67.8 Å². The van der Waals surface area contributed by atoms with Crippen LogP contribution in [-0.2, 0) is 6.54 Å². The van der Waals surface area contributed by atoms with E-state index in [1.54, 1.807) is 30.2 Å². The summed E-state index contributed by atoms with van der Waals surface area (Å²) in [6.07, 6.45) is 1.46. The van der Waals surface area contributed by atoms with Gasteiger partial charge >= 0.3 is 6.03 Å².